The Hall–Kier alpha value is -3.94. The fourth-order valence-corrected chi connectivity index (χ4v) is 3.49. The van der Waals surface area contributed by atoms with Gasteiger partial charge in [0.05, 0.1) is 19.3 Å². The van der Waals surface area contributed by atoms with Gasteiger partial charge in [-0.3, -0.25) is 14.2 Å². The maximum absolute atomic E-state index is 12.8. The number of benzene rings is 2. The van der Waals surface area contributed by atoms with Crippen LogP contribution in [0.3, 0.4) is 0 Å². The molecular weight excluding hydrogens is 406 g/mol. The van der Waals surface area contributed by atoms with Crippen molar-refractivity contribution in [2.24, 2.45) is 0 Å². The maximum atomic E-state index is 12.8. The number of hydrogen-bond acceptors (Lipinski definition) is 5. The molecule has 0 unspecified atom stereocenters. The second-order valence-corrected chi connectivity index (χ2v) is 7.68. The summed E-state index contributed by atoms with van der Waals surface area (Å²) in [6, 6.07) is 15.6. The molecular formula is C24H25N5O3. The molecule has 1 N–H and O–H groups in total. The van der Waals surface area contributed by atoms with E-state index in [2.05, 4.69) is 15.4 Å². The molecule has 0 radical (unpaired) electrons. The van der Waals surface area contributed by atoms with Gasteiger partial charge in [0.25, 0.3) is 11.5 Å². The third-order valence-electron chi connectivity index (χ3n) is 5.16. The predicted molar refractivity (Wildman–Crippen MR) is 122 cm³/mol. The second-order valence-electron chi connectivity index (χ2n) is 7.68. The van der Waals surface area contributed by atoms with Crippen LogP contribution in [0.1, 0.15) is 16.7 Å². The smallest absolute Gasteiger partial charge is 0.264 e. The van der Waals surface area contributed by atoms with Crippen molar-refractivity contribution < 1.29 is 9.53 Å². The van der Waals surface area contributed by atoms with E-state index in [0.29, 0.717) is 36.4 Å². The molecule has 4 rings (SSSR count). The zero-order valence-electron chi connectivity index (χ0n) is 18.1. The van der Waals surface area contributed by atoms with E-state index in [4.69, 9.17) is 4.74 Å². The number of nitrogens with zero attached hydrogens (tertiary/aromatic N) is 4. The molecule has 0 bridgehead atoms. The molecule has 0 aliphatic heterocycles. The summed E-state index contributed by atoms with van der Waals surface area (Å²) in [4.78, 5) is 29.4. The fraction of sp³-hybridized carbons (Fsp3) is 0.250. The standard InChI is InChI=1S/C24H25N5O3/c1-17-6-5-8-19(12-17)14-28-16-26-23-20(24(28)31)13-27-29(23)11-10-25-22(30)15-32-21-9-4-3-7-18(21)2/h3-9,12-13,16H,10-11,14-15H2,1-2H3,(H,25,30). The molecule has 8 nitrogen and oxygen atoms in total. The molecule has 2 aromatic carbocycles. The average molecular weight is 431 g/mol. The Morgan fingerprint density at radius 1 is 1.12 bits per heavy atom. The monoisotopic (exact) mass is 431 g/mol. The first-order valence-corrected chi connectivity index (χ1v) is 10.4. The molecule has 0 fully saturated rings. The second kappa shape index (κ2) is 9.47. The Morgan fingerprint density at radius 3 is 2.78 bits per heavy atom. The van der Waals surface area contributed by atoms with Crippen LogP contribution in [-0.4, -0.2) is 38.4 Å². The molecule has 0 aliphatic carbocycles. The zero-order chi connectivity index (χ0) is 22.5. The quantitative estimate of drug-likeness (QED) is 0.463. The SMILES string of the molecule is Cc1cccc(Cn2cnc3c(cnn3CCNC(=O)COc3ccccc3C)c2=O)c1. The number of nitrogens with one attached hydrogen (secondary N) is 1. The van der Waals surface area contributed by atoms with Gasteiger partial charge in [0, 0.05) is 6.54 Å². The Balaban J connectivity index is 1.36. The van der Waals surface area contributed by atoms with Crippen LogP contribution in [0.5, 0.6) is 5.75 Å². The van der Waals surface area contributed by atoms with E-state index in [1.165, 1.54) is 6.20 Å². The lowest BCUT2D eigenvalue weighted by atomic mass is 10.1. The van der Waals surface area contributed by atoms with Crippen molar-refractivity contribution >= 4 is 16.9 Å². The minimum absolute atomic E-state index is 0.0629. The number of aryl methyl sites for hydroxylation is 2. The van der Waals surface area contributed by atoms with Gasteiger partial charge in [-0.15, -0.1) is 0 Å². The highest BCUT2D eigenvalue weighted by atomic mass is 16.5. The van der Waals surface area contributed by atoms with Crippen molar-refractivity contribution in [2.75, 3.05) is 13.2 Å². The van der Waals surface area contributed by atoms with Crippen LogP contribution in [-0.2, 0) is 17.9 Å². The first-order valence-electron chi connectivity index (χ1n) is 10.4. The van der Waals surface area contributed by atoms with E-state index in [0.717, 1.165) is 16.7 Å². The third kappa shape index (κ3) is 4.85. The highest BCUT2D eigenvalue weighted by Gasteiger charge is 2.11. The van der Waals surface area contributed by atoms with Gasteiger partial charge in [-0.25, -0.2) is 9.67 Å². The maximum Gasteiger partial charge on any atom is 0.264 e. The molecule has 0 spiro atoms. The van der Waals surface area contributed by atoms with Gasteiger partial charge in [0.1, 0.15) is 17.5 Å². The van der Waals surface area contributed by atoms with Crippen LogP contribution >= 0.6 is 0 Å². The van der Waals surface area contributed by atoms with Gasteiger partial charge >= 0.3 is 0 Å². The lowest BCUT2D eigenvalue weighted by molar-refractivity contribution is -0.123. The molecule has 8 heteroatoms. The van der Waals surface area contributed by atoms with E-state index in [9.17, 15) is 9.59 Å². The van der Waals surface area contributed by atoms with Gasteiger partial charge in [-0.05, 0) is 31.0 Å². The number of rotatable bonds is 8. The highest BCUT2D eigenvalue weighted by molar-refractivity contribution is 5.77. The summed E-state index contributed by atoms with van der Waals surface area (Å²) in [6.07, 6.45) is 3.07. The molecule has 0 aliphatic rings. The van der Waals surface area contributed by atoms with Crippen molar-refractivity contribution in [3.05, 3.63) is 88.1 Å². The van der Waals surface area contributed by atoms with Crippen molar-refractivity contribution in [3.8, 4) is 5.75 Å². The molecule has 0 saturated heterocycles. The number of ether oxygens (including phenoxy) is 1. The minimum atomic E-state index is -0.224. The number of para-hydroxylation sites is 1. The van der Waals surface area contributed by atoms with Crippen LogP contribution in [0, 0.1) is 13.8 Å². The molecule has 32 heavy (non-hydrogen) atoms. The van der Waals surface area contributed by atoms with Gasteiger partial charge in [0.2, 0.25) is 0 Å². The lowest BCUT2D eigenvalue weighted by Crippen LogP contribution is -2.32. The minimum Gasteiger partial charge on any atom is -0.484 e. The summed E-state index contributed by atoms with van der Waals surface area (Å²) in [5, 5.41) is 7.54. The number of carbonyl (C=O) groups excluding carboxylic acids is 1. The lowest BCUT2D eigenvalue weighted by Gasteiger charge is -2.10. The normalized spacial score (nSPS) is 10.9. The molecule has 4 aromatic rings. The topological polar surface area (TPSA) is 91.0 Å². The largest absolute Gasteiger partial charge is 0.484 e. The summed E-state index contributed by atoms with van der Waals surface area (Å²) < 4.78 is 8.75. The molecule has 2 heterocycles. The van der Waals surface area contributed by atoms with Crippen LogP contribution in [0.2, 0.25) is 0 Å². The summed E-state index contributed by atoms with van der Waals surface area (Å²) in [5.41, 5.74) is 3.52. The Labute approximate surface area is 185 Å². The molecule has 0 saturated carbocycles. The van der Waals surface area contributed by atoms with Crippen molar-refractivity contribution in [1.82, 2.24) is 24.6 Å². The van der Waals surface area contributed by atoms with Crippen LogP contribution < -0.4 is 15.6 Å². The highest BCUT2D eigenvalue weighted by Crippen LogP contribution is 2.15. The Bertz CT molecular complexity index is 1310. The van der Waals surface area contributed by atoms with Gasteiger partial charge < -0.3 is 10.1 Å². The van der Waals surface area contributed by atoms with Crippen molar-refractivity contribution in [1.29, 1.82) is 0 Å². The Kier molecular flexibility index (Phi) is 6.30. The number of hydrogen-bond donors (Lipinski definition) is 1. The number of carbonyl (C=O) groups is 1. The van der Waals surface area contributed by atoms with Gasteiger partial charge in [0.15, 0.2) is 12.3 Å². The number of amides is 1. The van der Waals surface area contributed by atoms with Gasteiger partial charge in [-0.1, -0.05) is 48.0 Å². The first-order chi connectivity index (χ1) is 15.5. The van der Waals surface area contributed by atoms with E-state index in [1.807, 2.05) is 62.4 Å². The Morgan fingerprint density at radius 2 is 1.97 bits per heavy atom. The van der Waals surface area contributed by atoms with Crippen LogP contribution in [0.25, 0.3) is 11.0 Å². The summed E-state index contributed by atoms with van der Waals surface area (Å²) in [6.45, 7) is 5.08. The number of aromatic nitrogens is 4. The zero-order valence-corrected chi connectivity index (χ0v) is 18.1. The third-order valence-corrected chi connectivity index (χ3v) is 5.16. The first kappa shape index (κ1) is 21.3. The van der Waals surface area contributed by atoms with E-state index in [-0.39, 0.29) is 18.1 Å². The molecule has 2 aromatic heterocycles. The predicted octanol–water partition coefficient (Wildman–Crippen LogP) is 2.45. The van der Waals surface area contributed by atoms with Crippen molar-refractivity contribution in [3.63, 3.8) is 0 Å². The fourth-order valence-electron chi connectivity index (χ4n) is 3.49. The molecule has 1 amide bonds. The summed E-state index contributed by atoms with van der Waals surface area (Å²) in [5.74, 6) is 0.463. The number of fused-ring (bicyclic) bond motifs is 1. The summed E-state index contributed by atoms with van der Waals surface area (Å²) >= 11 is 0. The van der Waals surface area contributed by atoms with Crippen LogP contribution in [0.4, 0.5) is 0 Å². The average Bonchev–Trinajstić information content (AvgIpc) is 3.19. The molecule has 164 valence electrons. The van der Waals surface area contributed by atoms with Crippen molar-refractivity contribution in [2.45, 2.75) is 26.9 Å². The van der Waals surface area contributed by atoms with Gasteiger partial charge in [-0.2, -0.15) is 5.10 Å². The van der Waals surface area contributed by atoms with Crippen LogP contribution in [0.15, 0.2) is 65.8 Å². The van der Waals surface area contributed by atoms with E-state index < -0.39 is 0 Å². The summed E-state index contributed by atoms with van der Waals surface area (Å²) in [7, 11) is 0. The van der Waals surface area contributed by atoms with E-state index in [1.54, 1.807) is 15.6 Å². The molecule has 0 atom stereocenters. The van der Waals surface area contributed by atoms with E-state index >= 15 is 0 Å².